The van der Waals surface area contributed by atoms with Crippen molar-refractivity contribution in [3.8, 4) is 5.75 Å². The molecule has 0 aliphatic rings. The van der Waals surface area contributed by atoms with Crippen LogP contribution in [-0.4, -0.2) is 7.11 Å². The van der Waals surface area contributed by atoms with Gasteiger partial charge in [0, 0.05) is 5.88 Å². The lowest BCUT2D eigenvalue weighted by molar-refractivity contribution is -0.139. The first-order valence-corrected chi connectivity index (χ1v) is 4.43. The fraction of sp³-hybridized carbons (Fsp3) is 0.333. The molecule has 0 saturated carbocycles. The van der Waals surface area contributed by atoms with E-state index in [9.17, 15) is 17.6 Å². The second kappa shape index (κ2) is 4.26. The Morgan fingerprint density at radius 3 is 2.33 bits per heavy atom. The highest BCUT2D eigenvalue weighted by atomic mass is 35.5. The first-order chi connectivity index (χ1) is 6.90. The van der Waals surface area contributed by atoms with Crippen LogP contribution in [0.3, 0.4) is 0 Å². The summed E-state index contributed by atoms with van der Waals surface area (Å²) >= 11 is 5.34. The highest BCUT2D eigenvalue weighted by Crippen LogP contribution is 2.38. The molecule has 0 spiro atoms. The predicted molar refractivity (Wildman–Crippen MR) is 47.5 cm³/mol. The standard InChI is InChI=1S/C9H7ClF4O/c1-15-8-6(9(12,13)14)2-5(4-10)3-7(8)11/h2-3H,4H2,1H3. The molecule has 1 rings (SSSR count). The van der Waals surface area contributed by atoms with Crippen LogP contribution >= 0.6 is 11.6 Å². The number of halogens is 5. The lowest BCUT2D eigenvalue weighted by atomic mass is 10.1. The van der Waals surface area contributed by atoms with Crippen LogP contribution in [0.4, 0.5) is 17.6 Å². The number of methoxy groups -OCH3 is 1. The maximum absolute atomic E-state index is 13.1. The Kier molecular flexibility index (Phi) is 3.44. The van der Waals surface area contributed by atoms with Crippen LogP contribution in [0.25, 0.3) is 0 Å². The Balaban J connectivity index is 3.39. The number of hydrogen-bond acceptors (Lipinski definition) is 1. The molecule has 0 atom stereocenters. The lowest BCUT2D eigenvalue weighted by Crippen LogP contribution is -2.09. The van der Waals surface area contributed by atoms with E-state index in [-0.39, 0.29) is 11.4 Å². The summed E-state index contributed by atoms with van der Waals surface area (Å²) in [5, 5.41) is 0. The molecule has 0 heterocycles. The molecule has 0 amide bonds. The van der Waals surface area contributed by atoms with Crippen molar-refractivity contribution in [3.63, 3.8) is 0 Å². The van der Waals surface area contributed by atoms with Crippen LogP contribution in [0.15, 0.2) is 12.1 Å². The van der Waals surface area contributed by atoms with Gasteiger partial charge in [-0.1, -0.05) is 0 Å². The first kappa shape index (κ1) is 12.1. The van der Waals surface area contributed by atoms with Crippen molar-refractivity contribution in [1.82, 2.24) is 0 Å². The summed E-state index contributed by atoms with van der Waals surface area (Å²) in [6.45, 7) is 0. The number of hydrogen-bond donors (Lipinski definition) is 0. The molecular formula is C9H7ClF4O. The first-order valence-electron chi connectivity index (χ1n) is 3.89. The van der Waals surface area contributed by atoms with Gasteiger partial charge in [-0.3, -0.25) is 0 Å². The van der Waals surface area contributed by atoms with Crippen LogP contribution in [0.1, 0.15) is 11.1 Å². The third kappa shape index (κ3) is 2.53. The Hall–Kier alpha value is -0.970. The van der Waals surface area contributed by atoms with E-state index in [1.807, 2.05) is 0 Å². The molecule has 1 aromatic carbocycles. The Labute approximate surface area is 88.6 Å². The van der Waals surface area contributed by atoms with Crippen LogP contribution in [0.5, 0.6) is 5.75 Å². The third-order valence-electron chi connectivity index (χ3n) is 1.77. The minimum absolute atomic E-state index is 0.0577. The Morgan fingerprint density at radius 1 is 1.33 bits per heavy atom. The molecule has 0 aromatic heterocycles. The molecule has 1 aromatic rings. The molecule has 0 radical (unpaired) electrons. The zero-order chi connectivity index (χ0) is 11.6. The van der Waals surface area contributed by atoms with E-state index in [0.717, 1.165) is 19.2 Å². The van der Waals surface area contributed by atoms with E-state index in [2.05, 4.69) is 4.74 Å². The van der Waals surface area contributed by atoms with Gasteiger partial charge in [-0.15, -0.1) is 11.6 Å². The monoisotopic (exact) mass is 242 g/mol. The molecule has 0 aliphatic heterocycles. The number of rotatable bonds is 2. The van der Waals surface area contributed by atoms with Crippen LogP contribution < -0.4 is 4.74 Å². The fourth-order valence-corrected chi connectivity index (χ4v) is 1.30. The minimum atomic E-state index is -4.66. The van der Waals surface area contributed by atoms with Crippen molar-refractivity contribution in [2.24, 2.45) is 0 Å². The molecule has 0 fully saturated rings. The number of benzene rings is 1. The van der Waals surface area contributed by atoms with Gasteiger partial charge in [0.05, 0.1) is 7.11 Å². The molecule has 1 nitrogen and oxygen atoms in total. The van der Waals surface area contributed by atoms with Crippen LogP contribution in [0.2, 0.25) is 0 Å². The predicted octanol–water partition coefficient (Wildman–Crippen LogP) is 3.59. The minimum Gasteiger partial charge on any atom is -0.493 e. The van der Waals surface area contributed by atoms with E-state index in [0.29, 0.717) is 0 Å². The SMILES string of the molecule is COc1c(F)cc(CCl)cc1C(F)(F)F. The van der Waals surface area contributed by atoms with Gasteiger partial charge in [-0.2, -0.15) is 13.2 Å². The molecule has 0 aliphatic carbocycles. The highest BCUT2D eigenvalue weighted by molar-refractivity contribution is 6.17. The van der Waals surface area contributed by atoms with Gasteiger partial charge in [0.1, 0.15) is 5.56 Å². The van der Waals surface area contributed by atoms with Crippen molar-refractivity contribution >= 4 is 11.6 Å². The van der Waals surface area contributed by atoms with Crippen molar-refractivity contribution in [2.45, 2.75) is 12.1 Å². The van der Waals surface area contributed by atoms with Gasteiger partial charge in [0.15, 0.2) is 11.6 Å². The summed E-state index contributed by atoms with van der Waals surface area (Å²) in [6.07, 6.45) is -4.66. The Bertz CT molecular complexity index is 362. The zero-order valence-electron chi connectivity index (χ0n) is 7.66. The largest absolute Gasteiger partial charge is 0.493 e. The van der Waals surface area contributed by atoms with Gasteiger partial charge < -0.3 is 4.74 Å². The topological polar surface area (TPSA) is 9.23 Å². The van der Waals surface area contributed by atoms with E-state index in [1.54, 1.807) is 0 Å². The molecule has 15 heavy (non-hydrogen) atoms. The molecule has 0 N–H and O–H groups in total. The van der Waals surface area contributed by atoms with Crippen molar-refractivity contribution in [3.05, 3.63) is 29.1 Å². The smallest absolute Gasteiger partial charge is 0.420 e. The Morgan fingerprint density at radius 2 is 1.93 bits per heavy atom. The van der Waals surface area contributed by atoms with Crippen molar-refractivity contribution in [1.29, 1.82) is 0 Å². The van der Waals surface area contributed by atoms with Gasteiger partial charge in [-0.25, -0.2) is 4.39 Å². The van der Waals surface area contributed by atoms with Crippen molar-refractivity contribution in [2.75, 3.05) is 7.11 Å². The average molecular weight is 243 g/mol. The van der Waals surface area contributed by atoms with E-state index < -0.39 is 23.3 Å². The van der Waals surface area contributed by atoms with Crippen LogP contribution in [0, 0.1) is 5.82 Å². The summed E-state index contributed by atoms with van der Waals surface area (Å²) in [5.41, 5.74) is -1.09. The molecule has 0 unspecified atom stereocenters. The van der Waals surface area contributed by atoms with Gasteiger partial charge >= 0.3 is 6.18 Å². The molecular weight excluding hydrogens is 236 g/mol. The second-order valence-electron chi connectivity index (χ2n) is 2.79. The molecule has 6 heteroatoms. The quantitative estimate of drug-likeness (QED) is 0.569. The number of ether oxygens (including phenoxy) is 1. The molecule has 0 bridgehead atoms. The summed E-state index contributed by atoms with van der Waals surface area (Å²) in [6, 6.07) is 1.69. The molecule has 84 valence electrons. The average Bonchev–Trinajstić information content (AvgIpc) is 2.15. The normalized spacial score (nSPS) is 11.6. The fourth-order valence-electron chi connectivity index (χ4n) is 1.14. The van der Waals surface area contributed by atoms with Crippen molar-refractivity contribution < 1.29 is 22.3 Å². The summed E-state index contributed by atoms with van der Waals surface area (Å²) in [7, 11) is 0.980. The second-order valence-corrected chi connectivity index (χ2v) is 3.06. The highest BCUT2D eigenvalue weighted by Gasteiger charge is 2.36. The summed E-state index contributed by atoms with van der Waals surface area (Å²) in [5.74, 6) is -2.07. The van der Waals surface area contributed by atoms with Crippen LogP contribution in [-0.2, 0) is 12.1 Å². The maximum Gasteiger partial charge on any atom is 0.420 e. The zero-order valence-corrected chi connectivity index (χ0v) is 8.42. The number of alkyl halides is 4. The van der Waals surface area contributed by atoms with E-state index in [1.165, 1.54) is 0 Å². The van der Waals surface area contributed by atoms with E-state index in [4.69, 9.17) is 11.6 Å². The third-order valence-corrected chi connectivity index (χ3v) is 2.08. The summed E-state index contributed by atoms with van der Waals surface area (Å²) < 4.78 is 54.8. The lowest BCUT2D eigenvalue weighted by Gasteiger charge is -2.13. The van der Waals surface area contributed by atoms with Gasteiger partial charge in [0.2, 0.25) is 0 Å². The molecule has 0 saturated heterocycles. The maximum atomic E-state index is 13.1. The summed E-state index contributed by atoms with van der Waals surface area (Å²) in [4.78, 5) is 0. The van der Waals surface area contributed by atoms with Gasteiger partial charge in [0.25, 0.3) is 0 Å². The van der Waals surface area contributed by atoms with E-state index >= 15 is 0 Å². The van der Waals surface area contributed by atoms with Gasteiger partial charge in [-0.05, 0) is 17.7 Å².